The van der Waals surface area contributed by atoms with Gasteiger partial charge in [-0.3, -0.25) is 0 Å². The monoisotopic (exact) mass is 658 g/mol. The summed E-state index contributed by atoms with van der Waals surface area (Å²) >= 11 is 0. The van der Waals surface area contributed by atoms with Crippen LogP contribution in [-0.4, -0.2) is 0 Å². The van der Waals surface area contributed by atoms with E-state index in [1.165, 1.54) is 66.8 Å². The number of hydrogen-bond acceptors (Lipinski definition) is 0. The van der Waals surface area contributed by atoms with Crippen LogP contribution in [0.5, 0.6) is 0 Å². The highest BCUT2D eigenvalue weighted by Gasteiger charge is 2.51. The van der Waals surface area contributed by atoms with Gasteiger partial charge in [0.2, 0.25) is 0 Å². The zero-order valence-electron chi connectivity index (χ0n) is 30.3. The summed E-state index contributed by atoms with van der Waals surface area (Å²) in [6, 6.07) is 41.9. The van der Waals surface area contributed by atoms with Gasteiger partial charge in [-0.2, -0.15) is 0 Å². The molecule has 2 aliphatic rings. The molecule has 0 fully saturated rings. The van der Waals surface area contributed by atoms with Gasteiger partial charge in [0.1, 0.15) is 0 Å². The summed E-state index contributed by atoms with van der Waals surface area (Å²) in [7, 11) is 0. The SMILES string of the molecule is C=C/C(=C\C=C/C)c1ccc(C)cc1.C=CC1=C(/C=C\C)C2(c3cc(-c4cccc(C(=C)/C=C\C)c4)ccc31)c1ccccc1-c1ccccc12. The maximum absolute atomic E-state index is 4.26. The lowest BCUT2D eigenvalue weighted by Crippen LogP contribution is -2.26. The summed E-state index contributed by atoms with van der Waals surface area (Å²) in [6.07, 6.45) is 18.6. The van der Waals surface area contributed by atoms with Gasteiger partial charge in [-0.15, -0.1) is 0 Å². The lowest BCUT2D eigenvalue weighted by Gasteiger charge is -2.32. The van der Waals surface area contributed by atoms with Crippen molar-refractivity contribution in [3.63, 3.8) is 0 Å². The van der Waals surface area contributed by atoms with Gasteiger partial charge in [-0.1, -0.05) is 183 Å². The summed E-state index contributed by atoms with van der Waals surface area (Å²) in [5.41, 5.74) is 18.2. The number of aryl methyl sites for hydroxylation is 1. The molecule has 2 aliphatic carbocycles. The number of benzene rings is 5. The highest BCUT2D eigenvalue weighted by molar-refractivity contribution is 5.98. The third-order valence-corrected chi connectivity index (χ3v) is 9.91. The molecule has 7 rings (SSSR count). The molecule has 0 aromatic heterocycles. The standard InChI is InChI=1S/C37H30.C14H16/c1-5-13-25(4)26-15-12-16-27(23-26)28-21-22-32-29(7-3)33(14-6-2)37(36(32)24-28)34-19-10-8-17-30(34)31-18-9-11-20-35(31)37;1-4-6-7-13(5-2)14-10-8-12(3)9-11-14/h5-24H,3-4H2,1-2H3;4-11H,2H2,1,3H3/b13-5-,14-6-;6-4-,13-7+. The van der Waals surface area contributed by atoms with E-state index in [0.29, 0.717) is 0 Å². The molecule has 0 bridgehead atoms. The highest BCUT2D eigenvalue weighted by Crippen LogP contribution is 2.62. The average Bonchev–Trinajstić information content (AvgIpc) is 3.62. The van der Waals surface area contributed by atoms with Crippen molar-refractivity contribution in [3.8, 4) is 22.3 Å². The molecular weight excluding hydrogens is 613 g/mol. The first-order chi connectivity index (χ1) is 24.9. The average molecular weight is 659 g/mol. The molecule has 0 N–H and O–H groups in total. The van der Waals surface area contributed by atoms with Crippen molar-refractivity contribution in [1.29, 1.82) is 0 Å². The predicted octanol–water partition coefficient (Wildman–Crippen LogP) is 13.9. The van der Waals surface area contributed by atoms with Crippen LogP contribution in [0.2, 0.25) is 0 Å². The van der Waals surface area contributed by atoms with Gasteiger partial charge in [-0.05, 0) is 118 Å². The van der Waals surface area contributed by atoms with E-state index in [0.717, 1.165) is 16.7 Å². The molecule has 0 atom stereocenters. The van der Waals surface area contributed by atoms with Gasteiger partial charge >= 0.3 is 0 Å². The summed E-state index contributed by atoms with van der Waals surface area (Å²) in [5.74, 6) is 0. The summed E-state index contributed by atoms with van der Waals surface area (Å²) < 4.78 is 0. The number of rotatable bonds is 8. The highest BCUT2D eigenvalue weighted by atomic mass is 14.5. The quantitative estimate of drug-likeness (QED) is 0.146. The van der Waals surface area contributed by atoms with Crippen molar-refractivity contribution in [2.45, 2.75) is 33.1 Å². The van der Waals surface area contributed by atoms with E-state index in [1.54, 1.807) is 0 Å². The van der Waals surface area contributed by atoms with Crippen molar-refractivity contribution >= 4 is 16.7 Å². The van der Waals surface area contributed by atoms with E-state index in [-0.39, 0.29) is 5.41 Å². The van der Waals surface area contributed by atoms with Crippen molar-refractivity contribution in [3.05, 3.63) is 234 Å². The minimum Gasteiger partial charge on any atom is -0.0984 e. The summed E-state index contributed by atoms with van der Waals surface area (Å²) in [4.78, 5) is 0. The Labute approximate surface area is 305 Å². The Balaban J connectivity index is 0.000000270. The molecular formula is C51H46. The molecule has 5 aromatic carbocycles. The molecule has 1 spiro atoms. The zero-order valence-corrected chi connectivity index (χ0v) is 30.3. The predicted molar refractivity (Wildman–Crippen MR) is 224 cm³/mol. The number of hydrogen-bond donors (Lipinski definition) is 0. The van der Waals surface area contributed by atoms with Gasteiger partial charge < -0.3 is 0 Å². The number of allylic oxidation sites excluding steroid dienone is 13. The van der Waals surface area contributed by atoms with E-state index >= 15 is 0 Å². The lowest BCUT2D eigenvalue weighted by atomic mass is 9.69. The van der Waals surface area contributed by atoms with Crippen molar-refractivity contribution in [1.82, 2.24) is 0 Å². The Bertz CT molecular complexity index is 2230. The number of fused-ring (bicyclic) bond motifs is 7. The van der Waals surface area contributed by atoms with Crippen LogP contribution < -0.4 is 0 Å². The third-order valence-electron chi connectivity index (χ3n) is 9.91. The summed E-state index contributed by atoms with van der Waals surface area (Å²) in [6.45, 7) is 20.6. The molecule has 0 saturated carbocycles. The van der Waals surface area contributed by atoms with Crippen LogP contribution >= 0.6 is 0 Å². The fraction of sp³-hybridized carbons (Fsp3) is 0.0980. The molecule has 250 valence electrons. The van der Waals surface area contributed by atoms with Crippen molar-refractivity contribution in [2.24, 2.45) is 0 Å². The van der Waals surface area contributed by atoms with Gasteiger partial charge in [0.05, 0.1) is 5.41 Å². The van der Waals surface area contributed by atoms with E-state index in [1.807, 2.05) is 44.2 Å². The first-order valence-electron chi connectivity index (χ1n) is 17.7. The van der Waals surface area contributed by atoms with E-state index < -0.39 is 0 Å². The third kappa shape index (κ3) is 6.31. The molecule has 0 aliphatic heterocycles. The Kier molecular flexibility index (Phi) is 10.4. The Morgan fingerprint density at radius 1 is 0.608 bits per heavy atom. The molecule has 0 saturated heterocycles. The van der Waals surface area contributed by atoms with Crippen LogP contribution in [-0.2, 0) is 5.41 Å². The van der Waals surface area contributed by atoms with Crippen LogP contribution in [0, 0.1) is 6.92 Å². The molecule has 0 amide bonds. The van der Waals surface area contributed by atoms with Gasteiger partial charge in [0.15, 0.2) is 0 Å². The van der Waals surface area contributed by atoms with E-state index in [4.69, 9.17) is 0 Å². The maximum Gasteiger partial charge on any atom is 0.0725 e. The molecule has 5 aromatic rings. The molecule has 0 heteroatoms. The van der Waals surface area contributed by atoms with Gasteiger partial charge in [0.25, 0.3) is 0 Å². The van der Waals surface area contributed by atoms with E-state index in [2.05, 4.69) is 173 Å². The van der Waals surface area contributed by atoms with Gasteiger partial charge in [-0.25, -0.2) is 0 Å². The lowest BCUT2D eigenvalue weighted by molar-refractivity contribution is 0.786. The Morgan fingerprint density at radius 3 is 1.88 bits per heavy atom. The van der Waals surface area contributed by atoms with Crippen molar-refractivity contribution in [2.75, 3.05) is 0 Å². The second kappa shape index (κ2) is 15.3. The zero-order chi connectivity index (χ0) is 36.0. The molecule has 0 nitrogen and oxygen atoms in total. The van der Waals surface area contributed by atoms with Crippen LogP contribution in [0.25, 0.3) is 39.0 Å². The Hall–Kier alpha value is -5.98. The van der Waals surface area contributed by atoms with Crippen LogP contribution in [0.3, 0.4) is 0 Å². The normalized spacial score (nSPS) is 14.1. The first kappa shape index (κ1) is 34.9. The summed E-state index contributed by atoms with van der Waals surface area (Å²) in [5, 5.41) is 0. The second-order valence-corrected chi connectivity index (χ2v) is 13.0. The van der Waals surface area contributed by atoms with Crippen LogP contribution in [0.4, 0.5) is 0 Å². The smallest absolute Gasteiger partial charge is 0.0725 e. The molecule has 51 heavy (non-hydrogen) atoms. The molecule has 0 unspecified atom stereocenters. The fourth-order valence-electron chi connectivity index (χ4n) is 7.60. The van der Waals surface area contributed by atoms with E-state index in [9.17, 15) is 0 Å². The molecule has 0 radical (unpaired) electrons. The maximum atomic E-state index is 4.26. The van der Waals surface area contributed by atoms with Crippen LogP contribution in [0.15, 0.2) is 195 Å². The minimum atomic E-state index is -0.374. The topological polar surface area (TPSA) is 0 Å². The van der Waals surface area contributed by atoms with Crippen molar-refractivity contribution < 1.29 is 0 Å². The fourth-order valence-corrected chi connectivity index (χ4v) is 7.60. The first-order valence-corrected chi connectivity index (χ1v) is 17.7. The molecule has 0 heterocycles. The largest absolute Gasteiger partial charge is 0.0984 e. The van der Waals surface area contributed by atoms with Crippen LogP contribution in [0.1, 0.15) is 59.7 Å². The van der Waals surface area contributed by atoms with Gasteiger partial charge in [0, 0.05) is 0 Å². The minimum absolute atomic E-state index is 0.374. The second-order valence-electron chi connectivity index (χ2n) is 13.0. The Morgan fingerprint density at radius 2 is 1.27 bits per heavy atom.